The van der Waals surface area contributed by atoms with Gasteiger partial charge in [-0.3, -0.25) is 9.78 Å². The van der Waals surface area contributed by atoms with Gasteiger partial charge in [0, 0.05) is 30.9 Å². The highest BCUT2D eigenvalue weighted by molar-refractivity contribution is 5.79. The average molecular weight is 379 g/mol. The molecule has 1 aliphatic rings. The molecule has 1 aromatic carbocycles. The second-order valence-electron chi connectivity index (χ2n) is 7.18. The summed E-state index contributed by atoms with van der Waals surface area (Å²) in [5, 5.41) is 0. The van der Waals surface area contributed by atoms with Crippen molar-refractivity contribution in [1.29, 1.82) is 0 Å². The number of piperidine rings is 1. The van der Waals surface area contributed by atoms with Gasteiger partial charge in [0.15, 0.2) is 11.5 Å². The van der Waals surface area contributed by atoms with Gasteiger partial charge >= 0.3 is 0 Å². The number of carbonyl (C=O) groups is 1. The molecule has 2 aromatic heterocycles. The summed E-state index contributed by atoms with van der Waals surface area (Å²) in [5.74, 6) is 1.93. The van der Waals surface area contributed by atoms with Gasteiger partial charge in [-0.2, -0.15) is 0 Å². The molecule has 0 spiro atoms. The molecule has 0 aliphatic carbocycles. The Labute approximate surface area is 164 Å². The molecule has 146 valence electrons. The van der Waals surface area contributed by atoms with E-state index in [1.807, 2.05) is 41.4 Å². The lowest BCUT2D eigenvalue weighted by Crippen LogP contribution is -2.38. The van der Waals surface area contributed by atoms with E-state index in [2.05, 4.69) is 16.0 Å². The van der Waals surface area contributed by atoms with Crippen LogP contribution in [0.1, 0.15) is 30.0 Å². The Balaban J connectivity index is 1.37. The number of hydrogen-bond acceptors (Lipinski definition) is 4. The van der Waals surface area contributed by atoms with E-state index in [1.165, 1.54) is 5.69 Å². The Bertz CT molecular complexity index is 941. The van der Waals surface area contributed by atoms with Crippen molar-refractivity contribution in [3.8, 4) is 11.5 Å². The van der Waals surface area contributed by atoms with Gasteiger partial charge in [0.25, 0.3) is 0 Å². The van der Waals surface area contributed by atoms with E-state index in [1.54, 1.807) is 14.2 Å². The maximum Gasteiger partial charge on any atom is 0.226 e. The first-order valence-electron chi connectivity index (χ1n) is 9.60. The first kappa shape index (κ1) is 18.3. The first-order valence-corrected chi connectivity index (χ1v) is 9.60. The highest BCUT2D eigenvalue weighted by Crippen LogP contribution is 2.30. The maximum absolute atomic E-state index is 12.7. The van der Waals surface area contributed by atoms with Crippen molar-refractivity contribution >= 4 is 16.9 Å². The number of pyridine rings is 1. The molecule has 0 bridgehead atoms. The van der Waals surface area contributed by atoms with E-state index in [0.29, 0.717) is 23.8 Å². The maximum atomic E-state index is 12.7. The number of benzene rings is 1. The van der Waals surface area contributed by atoms with Gasteiger partial charge in [-0.25, -0.2) is 0 Å². The second-order valence-corrected chi connectivity index (χ2v) is 7.18. The van der Waals surface area contributed by atoms with Crippen molar-refractivity contribution in [2.45, 2.75) is 25.2 Å². The standard InChI is InChI=1S/C22H25N3O3/c1-27-20-6-5-15(12-21(20)28-2)13-22(26)25-10-7-16(8-11-25)18-14-19-17(24-18)4-3-9-23-19/h3-6,9,12,14,16,24H,7-8,10-11,13H2,1-2H3. The van der Waals surface area contributed by atoms with Crippen LogP contribution < -0.4 is 9.47 Å². The number of hydrogen-bond donors (Lipinski definition) is 1. The van der Waals surface area contributed by atoms with Crippen molar-refractivity contribution in [2.24, 2.45) is 0 Å². The smallest absolute Gasteiger partial charge is 0.226 e. The van der Waals surface area contributed by atoms with Crippen LogP contribution in [0.2, 0.25) is 0 Å². The quantitative estimate of drug-likeness (QED) is 0.736. The molecule has 0 atom stereocenters. The Kier molecular flexibility index (Phi) is 5.19. The lowest BCUT2D eigenvalue weighted by Gasteiger charge is -2.31. The fourth-order valence-electron chi connectivity index (χ4n) is 3.91. The van der Waals surface area contributed by atoms with E-state index in [9.17, 15) is 4.79 Å². The normalized spacial score (nSPS) is 15.0. The van der Waals surface area contributed by atoms with Crippen molar-refractivity contribution in [3.05, 3.63) is 53.9 Å². The van der Waals surface area contributed by atoms with Crippen LogP contribution in [0.4, 0.5) is 0 Å². The molecule has 1 amide bonds. The van der Waals surface area contributed by atoms with Crippen LogP contribution in [0.3, 0.4) is 0 Å². The number of aromatic nitrogens is 2. The fraction of sp³-hybridized carbons (Fsp3) is 0.364. The van der Waals surface area contributed by atoms with Gasteiger partial charge in [0.05, 0.1) is 31.7 Å². The number of amides is 1. The van der Waals surface area contributed by atoms with Gasteiger partial charge < -0.3 is 19.4 Å². The van der Waals surface area contributed by atoms with E-state index in [-0.39, 0.29) is 5.91 Å². The molecule has 28 heavy (non-hydrogen) atoms. The van der Waals surface area contributed by atoms with Crippen LogP contribution in [0, 0.1) is 0 Å². The molecular formula is C22H25N3O3. The molecule has 0 unspecified atom stereocenters. The third-order valence-electron chi connectivity index (χ3n) is 5.50. The number of H-pyrrole nitrogens is 1. The molecule has 6 nitrogen and oxygen atoms in total. The SMILES string of the molecule is COc1ccc(CC(=O)N2CCC(c3cc4ncccc4[nH]3)CC2)cc1OC. The predicted molar refractivity (Wildman–Crippen MR) is 108 cm³/mol. The Hall–Kier alpha value is -3.02. The Morgan fingerprint density at radius 3 is 2.64 bits per heavy atom. The molecule has 1 aliphatic heterocycles. The number of methoxy groups -OCH3 is 2. The number of aromatic amines is 1. The lowest BCUT2D eigenvalue weighted by atomic mass is 9.93. The van der Waals surface area contributed by atoms with Crippen molar-refractivity contribution < 1.29 is 14.3 Å². The third kappa shape index (κ3) is 3.67. The average Bonchev–Trinajstić information content (AvgIpc) is 3.18. The zero-order valence-corrected chi connectivity index (χ0v) is 16.3. The number of nitrogens with zero attached hydrogens (tertiary/aromatic N) is 2. The number of likely N-dealkylation sites (tertiary alicyclic amines) is 1. The summed E-state index contributed by atoms with van der Waals surface area (Å²) in [5.41, 5.74) is 4.24. The Morgan fingerprint density at radius 2 is 1.93 bits per heavy atom. The topological polar surface area (TPSA) is 67.5 Å². The highest BCUT2D eigenvalue weighted by atomic mass is 16.5. The minimum absolute atomic E-state index is 0.156. The Morgan fingerprint density at radius 1 is 1.14 bits per heavy atom. The second kappa shape index (κ2) is 7.92. The summed E-state index contributed by atoms with van der Waals surface area (Å²) in [6.07, 6.45) is 4.12. The summed E-state index contributed by atoms with van der Waals surface area (Å²) in [6.45, 7) is 1.55. The summed E-state index contributed by atoms with van der Waals surface area (Å²) >= 11 is 0. The largest absolute Gasteiger partial charge is 0.493 e. The third-order valence-corrected chi connectivity index (χ3v) is 5.50. The first-order chi connectivity index (χ1) is 13.7. The number of fused-ring (bicyclic) bond motifs is 1. The number of carbonyl (C=O) groups excluding carboxylic acids is 1. The fourth-order valence-corrected chi connectivity index (χ4v) is 3.91. The molecule has 0 radical (unpaired) electrons. The lowest BCUT2D eigenvalue weighted by molar-refractivity contribution is -0.131. The van der Waals surface area contributed by atoms with E-state index >= 15 is 0 Å². The molecule has 6 heteroatoms. The van der Waals surface area contributed by atoms with E-state index < -0.39 is 0 Å². The molecule has 3 aromatic rings. The van der Waals surface area contributed by atoms with Gasteiger partial charge in [-0.15, -0.1) is 0 Å². The van der Waals surface area contributed by atoms with Crippen LogP contribution in [-0.4, -0.2) is 48.1 Å². The van der Waals surface area contributed by atoms with Crippen molar-refractivity contribution in [2.75, 3.05) is 27.3 Å². The predicted octanol–water partition coefficient (Wildman–Crippen LogP) is 3.53. The van der Waals surface area contributed by atoms with Crippen LogP contribution in [-0.2, 0) is 11.2 Å². The minimum atomic E-state index is 0.156. The van der Waals surface area contributed by atoms with E-state index in [4.69, 9.17) is 9.47 Å². The van der Waals surface area contributed by atoms with Crippen molar-refractivity contribution in [1.82, 2.24) is 14.9 Å². The molecule has 1 N–H and O–H groups in total. The van der Waals surface area contributed by atoms with Crippen LogP contribution in [0.5, 0.6) is 11.5 Å². The van der Waals surface area contributed by atoms with Gasteiger partial charge in [0.1, 0.15) is 0 Å². The molecule has 1 saturated heterocycles. The number of rotatable bonds is 5. The van der Waals surface area contributed by atoms with E-state index in [0.717, 1.165) is 42.5 Å². The monoisotopic (exact) mass is 379 g/mol. The molecule has 1 fully saturated rings. The molecule has 4 rings (SSSR count). The van der Waals surface area contributed by atoms with Crippen LogP contribution in [0.25, 0.3) is 11.0 Å². The van der Waals surface area contributed by atoms with Crippen LogP contribution >= 0.6 is 0 Å². The number of nitrogens with one attached hydrogen (secondary N) is 1. The summed E-state index contributed by atoms with van der Waals surface area (Å²) < 4.78 is 10.6. The highest BCUT2D eigenvalue weighted by Gasteiger charge is 2.25. The van der Waals surface area contributed by atoms with Gasteiger partial charge in [-0.1, -0.05) is 6.07 Å². The molecule has 0 saturated carbocycles. The van der Waals surface area contributed by atoms with Gasteiger partial charge in [0.2, 0.25) is 5.91 Å². The number of ether oxygens (including phenoxy) is 2. The van der Waals surface area contributed by atoms with Crippen LogP contribution in [0.15, 0.2) is 42.6 Å². The zero-order valence-electron chi connectivity index (χ0n) is 16.3. The van der Waals surface area contributed by atoms with Crippen molar-refractivity contribution in [3.63, 3.8) is 0 Å². The summed E-state index contributed by atoms with van der Waals surface area (Å²) in [7, 11) is 3.21. The van der Waals surface area contributed by atoms with Gasteiger partial charge in [-0.05, 0) is 48.7 Å². The minimum Gasteiger partial charge on any atom is -0.493 e. The summed E-state index contributed by atoms with van der Waals surface area (Å²) in [6, 6.07) is 11.8. The summed E-state index contributed by atoms with van der Waals surface area (Å²) in [4.78, 5) is 22.6. The molecule has 3 heterocycles. The zero-order chi connectivity index (χ0) is 19.5. The molecular weight excluding hydrogens is 354 g/mol.